The van der Waals surface area contributed by atoms with Crippen LogP contribution in [0.5, 0.6) is 0 Å². The molecule has 0 radical (unpaired) electrons. The highest BCUT2D eigenvalue weighted by Crippen LogP contribution is 2.28. The topological polar surface area (TPSA) is 73.8 Å². The molecular formula is C18H28F3IN4O2S. The van der Waals surface area contributed by atoms with Crippen LogP contribution >= 0.6 is 24.0 Å². The Hall–Kier alpha value is -1.08. The molecule has 1 aromatic carbocycles. The molecule has 1 aliphatic heterocycles. The zero-order chi connectivity index (χ0) is 20.9. The van der Waals surface area contributed by atoms with Gasteiger partial charge >= 0.3 is 15.5 Å². The molecule has 1 heterocycles. The standard InChI is InChI=1S/C18H27F3N4O2S.HI/c1-13-5-4-6-15(11-13)14(2)12-23-17(22-3)24-16-7-9-25(10-8-16)28(26,27)18(19,20)21;/h4-6,11,14,16H,7-10,12H2,1-3H3,(H2,22,23,24);1H. The van der Waals surface area contributed by atoms with Crippen LogP contribution in [-0.2, 0) is 10.0 Å². The Labute approximate surface area is 187 Å². The van der Waals surface area contributed by atoms with Crippen molar-refractivity contribution in [1.82, 2.24) is 14.9 Å². The van der Waals surface area contributed by atoms with Gasteiger partial charge in [0.25, 0.3) is 0 Å². The van der Waals surface area contributed by atoms with Gasteiger partial charge in [-0.3, -0.25) is 4.99 Å². The minimum Gasteiger partial charge on any atom is -0.356 e. The average molecular weight is 548 g/mol. The third-order valence-electron chi connectivity index (χ3n) is 4.84. The summed E-state index contributed by atoms with van der Waals surface area (Å²) in [6.45, 7) is 4.43. The summed E-state index contributed by atoms with van der Waals surface area (Å²) in [7, 11) is -3.63. The number of aliphatic imine (C=N–C) groups is 1. The third-order valence-corrected chi connectivity index (χ3v) is 6.47. The predicted octanol–water partition coefficient (Wildman–Crippen LogP) is 3.20. The molecule has 0 bridgehead atoms. The number of sulfonamides is 1. The maximum atomic E-state index is 12.6. The smallest absolute Gasteiger partial charge is 0.356 e. The fourth-order valence-corrected chi connectivity index (χ4v) is 4.10. The van der Waals surface area contributed by atoms with Crippen LogP contribution in [0.2, 0.25) is 0 Å². The molecular weight excluding hydrogens is 520 g/mol. The second-order valence-corrected chi connectivity index (χ2v) is 8.97. The first-order chi connectivity index (χ1) is 13.0. The van der Waals surface area contributed by atoms with E-state index in [2.05, 4.69) is 34.7 Å². The average Bonchev–Trinajstić information content (AvgIpc) is 2.64. The number of alkyl halides is 3. The maximum Gasteiger partial charge on any atom is 0.511 e. The van der Waals surface area contributed by atoms with E-state index in [1.807, 2.05) is 19.1 Å². The number of benzene rings is 1. The van der Waals surface area contributed by atoms with Crippen molar-refractivity contribution in [2.75, 3.05) is 26.7 Å². The summed E-state index contributed by atoms with van der Waals surface area (Å²) in [5.74, 6) is 0.800. The molecule has 6 nitrogen and oxygen atoms in total. The summed E-state index contributed by atoms with van der Waals surface area (Å²) < 4.78 is 61.4. The summed E-state index contributed by atoms with van der Waals surface area (Å²) in [6.07, 6.45) is 0.562. The lowest BCUT2D eigenvalue weighted by Crippen LogP contribution is -2.52. The van der Waals surface area contributed by atoms with E-state index in [1.54, 1.807) is 7.05 Å². The van der Waals surface area contributed by atoms with Gasteiger partial charge in [-0.25, -0.2) is 8.42 Å². The molecule has 11 heteroatoms. The lowest BCUT2D eigenvalue weighted by Gasteiger charge is -2.32. The highest BCUT2D eigenvalue weighted by molar-refractivity contribution is 14.0. The van der Waals surface area contributed by atoms with E-state index in [1.165, 1.54) is 11.1 Å². The largest absolute Gasteiger partial charge is 0.511 e. The predicted molar refractivity (Wildman–Crippen MR) is 119 cm³/mol. The van der Waals surface area contributed by atoms with Gasteiger partial charge in [0.05, 0.1) is 0 Å². The van der Waals surface area contributed by atoms with Crippen molar-refractivity contribution in [2.45, 2.75) is 44.2 Å². The van der Waals surface area contributed by atoms with Crippen LogP contribution in [0, 0.1) is 6.92 Å². The molecule has 1 aromatic rings. The first kappa shape index (κ1) is 26.0. The molecule has 166 valence electrons. The van der Waals surface area contributed by atoms with Crippen molar-refractivity contribution in [2.24, 2.45) is 4.99 Å². The summed E-state index contributed by atoms with van der Waals surface area (Å²) in [5.41, 5.74) is -2.86. The molecule has 1 aliphatic rings. The second kappa shape index (κ2) is 10.8. The molecule has 1 unspecified atom stereocenters. The molecule has 1 atom stereocenters. The van der Waals surface area contributed by atoms with E-state index in [0.717, 1.165) is 0 Å². The van der Waals surface area contributed by atoms with Crippen molar-refractivity contribution in [3.05, 3.63) is 35.4 Å². The van der Waals surface area contributed by atoms with E-state index in [9.17, 15) is 21.6 Å². The fourth-order valence-electron chi connectivity index (χ4n) is 3.12. The minimum absolute atomic E-state index is 0. The van der Waals surface area contributed by atoms with Crippen LogP contribution in [0.1, 0.15) is 36.8 Å². The number of aryl methyl sites for hydroxylation is 1. The molecule has 0 spiro atoms. The van der Waals surface area contributed by atoms with Crippen LogP contribution in [0.3, 0.4) is 0 Å². The minimum atomic E-state index is -5.25. The number of guanidine groups is 1. The summed E-state index contributed by atoms with van der Waals surface area (Å²) in [6, 6.07) is 8.10. The summed E-state index contributed by atoms with van der Waals surface area (Å²) in [5, 5.41) is 6.40. The van der Waals surface area contributed by atoms with Crippen molar-refractivity contribution in [3.63, 3.8) is 0 Å². The molecule has 1 saturated heterocycles. The Morgan fingerprint density at radius 2 is 1.93 bits per heavy atom. The summed E-state index contributed by atoms with van der Waals surface area (Å²) >= 11 is 0. The Morgan fingerprint density at radius 1 is 1.31 bits per heavy atom. The number of halogens is 4. The van der Waals surface area contributed by atoms with Gasteiger partial charge in [-0.1, -0.05) is 36.8 Å². The molecule has 0 aromatic heterocycles. The number of hydrogen-bond donors (Lipinski definition) is 2. The van der Waals surface area contributed by atoms with Crippen molar-refractivity contribution >= 4 is 40.0 Å². The van der Waals surface area contributed by atoms with Gasteiger partial charge in [-0.05, 0) is 31.2 Å². The molecule has 2 N–H and O–H groups in total. The van der Waals surface area contributed by atoms with E-state index < -0.39 is 15.5 Å². The quantitative estimate of drug-likeness (QED) is 0.337. The zero-order valence-electron chi connectivity index (χ0n) is 16.7. The van der Waals surface area contributed by atoms with Crippen LogP contribution < -0.4 is 10.6 Å². The lowest BCUT2D eigenvalue weighted by atomic mass is 9.99. The molecule has 1 fully saturated rings. The van der Waals surface area contributed by atoms with Gasteiger partial charge in [0.2, 0.25) is 0 Å². The number of hydrogen-bond acceptors (Lipinski definition) is 3. The number of rotatable bonds is 5. The van der Waals surface area contributed by atoms with Crippen molar-refractivity contribution < 1.29 is 21.6 Å². The lowest BCUT2D eigenvalue weighted by molar-refractivity contribution is -0.0494. The number of nitrogens with zero attached hydrogens (tertiary/aromatic N) is 2. The molecule has 29 heavy (non-hydrogen) atoms. The third kappa shape index (κ3) is 6.99. The highest BCUT2D eigenvalue weighted by Gasteiger charge is 2.50. The van der Waals surface area contributed by atoms with Gasteiger partial charge in [0.15, 0.2) is 5.96 Å². The van der Waals surface area contributed by atoms with Crippen LogP contribution in [0.15, 0.2) is 29.3 Å². The number of nitrogens with one attached hydrogen (secondary N) is 2. The first-order valence-corrected chi connectivity index (χ1v) is 10.6. The van der Waals surface area contributed by atoms with E-state index >= 15 is 0 Å². The van der Waals surface area contributed by atoms with E-state index in [4.69, 9.17) is 0 Å². The highest BCUT2D eigenvalue weighted by atomic mass is 127. The van der Waals surface area contributed by atoms with Crippen LogP contribution in [-0.4, -0.2) is 56.9 Å². The maximum absolute atomic E-state index is 12.6. The van der Waals surface area contributed by atoms with Gasteiger partial charge in [-0.15, -0.1) is 24.0 Å². The Kier molecular flexibility index (Phi) is 9.67. The second-order valence-electron chi connectivity index (χ2n) is 7.04. The van der Waals surface area contributed by atoms with Gasteiger partial charge in [-0.2, -0.15) is 17.5 Å². The molecule has 0 amide bonds. The van der Waals surface area contributed by atoms with E-state index in [0.29, 0.717) is 16.8 Å². The van der Waals surface area contributed by atoms with Gasteiger partial charge < -0.3 is 10.6 Å². The number of piperidine rings is 1. The Bertz CT molecular complexity index is 795. The SMILES string of the molecule is CN=C(NCC(C)c1cccc(C)c1)NC1CCN(S(=O)(=O)C(F)(F)F)CC1.I. The monoisotopic (exact) mass is 548 g/mol. The van der Waals surface area contributed by atoms with Crippen molar-refractivity contribution in [3.8, 4) is 0 Å². The summed E-state index contributed by atoms with van der Waals surface area (Å²) in [4.78, 5) is 4.15. The Balaban J connectivity index is 0.00000420. The molecule has 0 aliphatic carbocycles. The van der Waals surface area contributed by atoms with Crippen molar-refractivity contribution in [1.29, 1.82) is 0 Å². The molecule has 0 saturated carbocycles. The zero-order valence-corrected chi connectivity index (χ0v) is 19.8. The van der Waals surface area contributed by atoms with E-state index in [-0.39, 0.29) is 61.9 Å². The van der Waals surface area contributed by atoms with Crippen LogP contribution in [0.25, 0.3) is 0 Å². The van der Waals surface area contributed by atoms with Crippen LogP contribution in [0.4, 0.5) is 13.2 Å². The normalized spacial score (nSPS) is 18.1. The Morgan fingerprint density at radius 3 is 2.45 bits per heavy atom. The first-order valence-electron chi connectivity index (χ1n) is 9.14. The fraction of sp³-hybridized carbons (Fsp3) is 0.611. The van der Waals surface area contributed by atoms with Gasteiger partial charge in [0, 0.05) is 32.7 Å². The molecule has 2 rings (SSSR count). The van der Waals surface area contributed by atoms with Gasteiger partial charge in [0.1, 0.15) is 0 Å².